The molecule has 0 saturated carbocycles. The SMILES string of the molecule is CN=C(NCCc1coc(-c2ccc(F)cc2)n1)Nc1cccc(OCCCOC)c1. The highest BCUT2D eigenvalue weighted by molar-refractivity contribution is 5.93. The molecule has 1 aromatic heterocycles. The van der Waals surface area contributed by atoms with Crippen LogP contribution in [0.2, 0.25) is 0 Å². The molecule has 0 bridgehead atoms. The van der Waals surface area contributed by atoms with E-state index in [1.807, 2.05) is 24.3 Å². The molecule has 0 saturated heterocycles. The van der Waals surface area contributed by atoms with Crippen LogP contribution in [-0.4, -0.2) is 44.9 Å². The average Bonchev–Trinajstić information content (AvgIpc) is 3.26. The molecule has 0 fully saturated rings. The van der Waals surface area contributed by atoms with E-state index in [9.17, 15) is 4.39 Å². The van der Waals surface area contributed by atoms with Crippen molar-refractivity contribution in [3.8, 4) is 17.2 Å². The minimum Gasteiger partial charge on any atom is -0.493 e. The lowest BCUT2D eigenvalue weighted by Crippen LogP contribution is -2.32. The Hall–Kier alpha value is -3.39. The van der Waals surface area contributed by atoms with Crippen molar-refractivity contribution < 1.29 is 18.3 Å². The van der Waals surface area contributed by atoms with E-state index in [1.54, 1.807) is 32.6 Å². The number of hydrogen-bond acceptors (Lipinski definition) is 5. The van der Waals surface area contributed by atoms with Gasteiger partial charge in [-0.05, 0) is 36.4 Å². The van der Waals surface area contributed by atoms with E-state index in [4.69, 9.17) is 13.9 Å². The molecule has 3 aromatic rings. The topological polar surface area (TPSA) is 80.9 Å². The van der Waals surface area contributed by atoms with Crippen molar-refractivity contribution in [2.75, 3.05) is 39.2 Å². The van der Waals surface area contributed by atoms with Crippen LogP contribution in [0, 0.1) is 5.82 Å². The number of rotatable bonds is 10. The van der Waals surface area contributed by atoms with Gasteiger partial charge in [0.2, 0.25) is 5.89 Å². The van der Waals surface area contributed by atoms with E-state index in [-0.39, 0.29) is 5.82 Å². The fourth-order valence-electron chi connectivity index (χ4n) is 2.83. The Morgan fingerprint density at radius 1 is 1.16 bits per heavy atom. The van der Waals surface area contributed by atoms with E-state index in [0.717, 1.165) is 29.1 Å². The minimum atomic E-state index is -0.290. The van der Waals surface area contributed by atoms with Gasteiger partial charge < -0.3 is 24.5 Å². The van der Waals surface area contributed by atoms with Gasteiger partial charge in [0.1, 0.15) is 17.8 Å². The first-order valence-corrected chi connectivity index (χ1v) is 10.1. The summed E-state index contributed by atoms with van der Waals surface area (Å²) < 4.78 is 29.3. The number of guanidine groups is 1. The molecule has 0 aliphatic carbocycles. The van der Waals surface area contributed by atoms with Gasteiger partial charge >= 0.3 is 0 Å². The summed E-state index contributed by atoms with van der Waals surface area (Å²) >= 11 is 0. The summed E-state index contributed by atoms with van der Waals surface area (Å²) in [5.41, 5.74) is 2.41. The lowest BCUT2D eigenvalue weighted by atomic mass is 10.2. The second-order valence-electron chi connectivity index (χ2n) is 6.75. The predicted octanol–water partition coefficient (Wildman–Crippen LogP) is 4.13. The number of aliphatic imine (C=N–C) groups is 1. The summed E-state index contributed by atoms with van der Waals surface area (Å²) in [6.07, 6.45) is 3.09. The molecule has 0 spiro atoms. The molecule has 31 heavy (non-hydrogen) atoms. The van der Waals surface area contributed by atoms with Gasteiger partial charge in [0.15, 0.2) is 5.96 Å². The van der Waals surface area contributed by atoms with E-state index in [2.05, 4.69) is 20.6 Å². The number of methoxy groups -OCH3 is 1. The van der Waals surface area contributed by atoms with Crippen LogP contribution in [0.1, 0.15) is 12.1 Å². The van der Waals surface area contributed by atoms with Crippen LogP contribution in [0.4, 0.5) is 10.1 Å². The molecule has 0 amide bonds. The smallest absolute Gasteiger partial charge is 0.226 e. The maximum atomic E-state index is 13.1. The Labute approximate surface area is 181 Å². The zero-order valence-corrected chi connectivity index (χ0v) is 17.7. The highest BCUT2D eigenvalue weighted by atomic mass is 19.1. The van der Waals surface area contributed by atoms with Crippen LogP contribution in [0.25, 0.3) is 11.5 Å². The van der Waals surface area contributed by atoms with Crippen molar-refractivity contribution in [2.45, 2.75) is 12.8 Å². The molecule has 2 aromatic carbocycles. The third-order valence-corrected chi connectivity index (χ3v) is 4.40. The summed E-state index contributed by atoms with van der Waals surface area (Å²) in [5, 5.41) is 6.50. The Balaban J connectivity index is 1.47. The summed E-state index contributed by atoms with van der Waals surface area (Å²) in [6, 6.07) is 13.8. The maximum Gasteiger partial charge on any atom is 0.226 e. The maximum absolute atomic E-state index is 13.1. The molecule has 2 N–H and O–H groups in total. The molecular formula is C23H27FN4O3. The van der Waals surface area contributed by atoms with Crippen molar-refractivity contribution >= 4 is 11.6 Å². The monoisotopic (exact) mass is 426 g/mol. The molecule has 0 aliphatic heterocycles. The Morgan fingerprint density at radius 2 is 2.00 bits per heavy atom. The van der Waals surface area contributed by atoms with Crippen LogP contribution < -0.4 is 15.4 Å². The lowest BCUT2D eigenvalue weighted by Gasteiger charge is -2.13. The summed E-state index contributed by atoms with van der Waals surface area (Å²) in [5.74, 6) is 1.60. The molecule has 164 valence electrons. The van der Waals surface area contributed by atoms with Gasteiger partial charge in [0.05, 0.1) is 12.3 Å². The molecule has 0 aliphatic rings. The summed E-state index contributed by atoms with van der Waals surface area (Å²) in [4.78, 5) is 8.70. The number of benzene rings is 2. The van der Waals surface area contributed by atoms with Crippen LogP contribution in [0.5, 0.6) is 5.75 Å². The van der Waals surface area contributed by atoms with Gasteiger partial charge in [0.25, 0.3) is 0 Å². The number of aromatic nitrogens is 1. The number of nitrogens with one attached hydrogen (secondary N) is 2. The highest BCUT2D eigenvalue weighted by Gasteiger charge is 2.08. The lowest BCUT2D eigenvalue weighted by molar-refractivity contribution is 0.172. The third-order valence-electron chi connectivity index (χ3n) is 4.40. The number of nitrogens with zero attached hydrogens (tertiary/aromatic N) is 2. The zero-order valence-electron chi connectivity index (χ0n) is 17.7. The van der Waals surface area contributed by atoms with E-state index in [0.29, 0.717) is 38.0 Å². The van der Waals surface area contributed by atoms with Gasteiger partial charge in [-0.1, -0.05) is 6.07 Å². The first kappa shape index (κ1) is 22.3. The number of anilines is 1. The molecule has 0 radical (unpaired) electrons. The molecule has 3 rings (SSSR count). The van der Waals surface area contributed by atoms with Crippen LogP contribution >= 0.6 is 0 Å². The largest absolute Gasteiger partial charge is 0.493 e. The van der Waals surface area contributed by atoms with Gasteiger partial charge in [-0.15, -0.1) is 0 Å². The normalized spacial score (nSPS) is 11.4. The van der Waals surface area contributed by atoms with Gasteiger partial charge in [-0.2, -0.15) is 0 Å². The fourth-order valence-corrected chi connectivity index (χ4v) is 2.83. The quantitative estimate of drug-likeness (QED) is 0.288. The number of oxazole rings is 1. The Kier molecular flexibility index (Phi) is 8.42. The Morgan fingerprint density at radius 3 is 2.77 bits per heavy atom. The number of hydrogen-bond donors (Lipinski definition) is 2. The summed E-state index contributed by atoms with van der Waals surface area (Å²) in [7, 11) is 3.39. The first-order chi connectivity index (χ1) is 15.2. The molecule has 7 nitrogen and oxygen atoms in total. The van der Waals surface area contributed by atoms with E-state index < -0.39 is 0 Å². The molecule has 0 atom stereocenters. The highest BCUT2D eigenvalue weighted by Crippen LogP contribution is 2.19. The van der Waals surface area contributed by atoms with Crippen LogP contribution in [-0.2, 0) is 11.2 Å². The van der Waals surface area contributed by atoms with Crippen molar-refractivity contribution in [2.24, 2.45) is 4.99 Å². The molecule has 1 heterocycles. The van der Waals surface area contributed by atoms with E-state index in [1.165, 1.54) is 12.1 Å². The third kappa shape index (κ3) is 7.11. The van der Waals surface area contributed by atoms with Crippen LogP contribution in [0.3, 0.4) is 0 Å². The second kappa shape index (κ2) is 11.7. The molecule has 0 unspecified atom stereocenters. The van der Waals surface area contributed by atoms with Gasteiger partial charge in [-0.3, -0.25) is 4.99 Å². The Bertz CT molecular complexity index is 973. The minimum absolute atomic E-state index is 0.290. The zero-order chi connectivity index (χ0) is 21.9. The molecule has 8 heteroatoms. The molecular weight excluding hydrogens is 399 g/mol. The van der Waals surface area contributed by atoms with Gasteiger partial charge in [-0.25, -0.2) is 9.37 Å². The fraction of sp³-hybridized carbons (Fsp3) is 0.304. The standard InChI is InChI=1S/C23H27FN4O3/c1-25-23(28-19-5-3-6-21(15-19)30-14-4-13-29-2)26-12-11-20-16-31-22(27-20)17-7-9-18(24)10-8-17/h3,5-10,15-16H,4,11-14H2,1-2H3,(H2,25,26,28). The average molecular weight is 426 g/mol. The van der Waals surface area contributed by atoms with Crippen molar-refractivity contribution in [1.82, 2.24) is 10.3 Å². The van der Waals surface area contributed by atoms with Gasteiger partial charge in [0, 0.05) is 57.5 Å². The predicted molar refractivity (Wildman–Crippen MR) is 119 cm³/mol. The van der Waals surface area contributed by atoms with Crippen molar-refractivity contribution in [1.29, 1.82) is 0 Å². The van der Waals surface area contributed by atoms with Crippen molar-refractivity contribution in [3.05, 3.63) is 66.3 Å². The number of halogens is 1. The van der Waals surface area contributed by atoms with Crippen molar-refractivity contribution in [3.63, 3.8) is 0 Å². The number of ether oxygens (including phenoxy) is 2. The first-order valence-electron chi connectivity index (χ1n) is 10.1. The van der Waals surface area contributed by atoms with E-state index >= 15 is 0 Å². The second-order valence-corrected chi connectivity index (χ2v) is 6.75. The summed E-state index contributed by atoms with van der Waals surface area (Å²) in [6.45, 7) is 1.88. The van der Waals surface area contributed by atoms with Crippen LogP contribution in [0.15, 0.2) is 64.2 Å².